The van der Waals surface area contributed by atoms with Crippen LogP contribution in [0.1, 0.15) is 43.1 Å². The number of benzene rings is 1. The first-order chi connectivity index (χ1) is 10.3. The third kappa shape index (κ3) is 7.48. The number of carbonyl (C=O) groups excluding carboxylic acids is 2. The maximum absolute atomic E-state index is 12.1. The number of amides is 2. The van der Waals surface area contributed by atoms with Crippen LogP contribution in [0.5, 0.6) is 0 Å². The molecule has 0 aliphatic carbocycles. The summed E-state index contributed by atoms with van der Waals surface area (Å²) in [5.74, 6) is 0.435. The predicted molar refractivity (Wildman–Crippen MR) is 97.1 cm³/mol. The minimum atomic E-state index is -0.122. The third-order valence-electron chi connectivity index (χ3n) is 3.37. The molecule has 0 saturated heterocycles. The van der Waals surface area contributed by atoms with Gasteiger partial charge in [-0.25, -0.2) is 0 Å². The van der Waals surface area contributed by atoms with Gasteiger partial charge < -0.3 is 16.4 Å². The van der Waals surface area contributed by atoms with Gasteiger partial charge in [-0.3, -0.25) is 9.59 Å². The number of anilines is 1. The van der Waals surface area contributed by atoms with Crippen LogP contribution in [0.3, 0.4) is 0 Å². The van der Waals surface area contributed by atoms with Gasteiger partial charge in [0.2, 0.25) is 5.91 Å². The van der Waals surface area contributed by atoms with Crippen molar-refractivity contribution in [1.29, 1.82) is 0 Å². The summed E-state index contributed by atoms with van der Waals surface area (Å²) in [7, 11) is 0. The Morgan fingerprint density at radius 1 is 1.22 bits per heavy atom. The van der Waals surface area contributed by atoms with E-state index in [9.17, 15) is 9.59 Å². The summed E-state index contributed by atoms with van der Waals surface area (Å²) < 4.78 is 0. The zero-order chi connectivity index (χ0) is 16.7. The van der Waals surface area contributed by atoms with Crippen molar-refractivity contribution in [2.24, 2.45) is 17.6 Å². The summed E-state index contributed by atoms with van der Waals surface area (Å²) in [5.41, 5.74) is 7.74. The molecule has 2 amide bonds. The number of halogens is 1. The molecule has 130 valence electrons. The molecule has 23 heavy (non-hydrogen) atoms. The quantitative estimate of drug-likeness (QED) is 0.713. The fraction of sp³-hybridized carbons (Fsp3) is 0.529. The van der Waals surface area contributed by atoms with Crippen molar-refractivity contribution in [1.82, 2.24) is 5.32 Å². The average molecular weight is 342 g/mol. The van der Waals surface area contributed by atoms with Gasteiger partial charge in [0.05, 0.1) is 0 Å². The van der Waals surface area contributed by atoms with Gasteiger partial charge in [-0.1, -0.05) is 20.8 Å². The Labute approximate surface area is 144 Å². The van der Waals surface area contributed by atoms with Crippen LogP contribution in [0.4, 0.5) is 5.69 Å². The monoisotopic (exact) mass is 341 g/mol. The minimum Gasteiger partial charge on any atom is -0.352 e. The van der Waals surface area contributed by atoms with Gasteiger partial charge in [-0.15, -0.1) is 12.4 Å². The number of aryl methyl sites for hydroxylation is 1. The van der Waals surface area contributed by atoms with E-state index < -0.39 is 0 Å². The maximum Gasteiger partial charge on any atom is 0.251 e. The van der Waals surface area contributed by atoms with Crippen LogP contribution in [0.2, 0.25) is 0 Å². The molecule has 1 aromatic carbocycles. The van der Waals surface area contributed by atoms with Crippen molar-refractivity contribution in [3.8, 4) is 0 Å². The lowest BCUT2D eigenvalue weighted by Crippen LogP contribution is -2.31. The fourth-order valence-corrected chi connectivity index (χ4v) is 1.97. The van der Waals surface area contributed by atoms with E-state index in [2.05, 4.69) is 10.6 Å². The summed E-state index contributed by atoms with van der Waals surface area (Å²) in [6.45, 7) is 8.97. The second kappa shape index (κ2) is 10.2. The van der Waals surface area contributed by atoms with Crippen LogP contribution in [-0.2, 0) is 4.79 Å². The Morgan fingerprint density at radius 3 is 2.39 bits per heavy atom. The van der Waals surface area contributed by atoms with Crippen LogP contribution < -0.4 is 16.4 Å². The molecule has 0 aliphatic rings. The van der Waals surface area contributed by atoms with Crippen molar-refractivity contribution >= 4 is 29.9 Å². The predicted octanol–water partition coefficient (Wildman–Crippen LogP) is 2.73. The molecule has 1 atom stereocenters. The number of nitrogens with one attached hydrogen (secondary N) is 2. The van der Waals surface area contributed by atoms with Gasteiger partial charge in [-0.05, 0) is 49.1 Å². The van der Waals surface area contributed by atoms with Crippen LogP contribution in [0.15, 0.2) is 18.2 Å². The lowest BCUT2D eigenvalue weighted by Gasteiger charge is -2.13. The fourth-order valence-electron chi connectivity index (χ4n) is 1.97. The van der Waals surface area contributed by atoms with Crippen molar-refractivity contribution in [2.75, 3.05) is 18.4 Å². The van der Waals surface area contributed by atoms with Gasteiger partial charge in [0.1, 0.15) is 0 Å². The summed E-state index contributed by atoms with van der Waals surface area (Å²) in [6, 6.07) is 5.28. The number of carbonyl (C=O) groups is 2. The number of hydrogen-bond donors (Lipinski definition) is 3. The Hall–Kier alpha value is -1.59. The van der Waals surface area contributed by atoms with Crippen LogP contribution in [0.25, 0.3) is 0 Å². The van der Waals surface area contributed by atoms with E-state index in [0.29, 0.717) is 31.0 Å². The molecule has 0 spiro atoms. The Bertz CT molecular complexity index is 533. The summed E-state index contributed by atoms with van der Waals surface area (Å²) in [4.78, 5) is 23.9. The molecule has 5 nitrogen and oxygen atoms in total. The molecule has 4 N–H and O–H groups in total. The van der Waals surface area contributed by atoms with Crippen molar-refractivity contribution < 1.29 is 9.59 Å². The van der Waals surface area contributed by atoms with Crippen LogP contribution >= 0.6 is 12.4 Å². The van der Waals surface area contributed by atoms with Crippen LogP contribution in [0, 0.1) is 18.8 Å². The summed E-state index contributed by atoms with van der Waals surface area (Å²) in [6.07, 6.45) is 0.485. The molecule has 0 bridgehead atoms. The van der Waals surface area contributed by atoms with E-state index in [1.165, 1.54) is 0 Å². The SMILES string of the molecule is Cc1cc(C(=O)NCC(C)CN)ccc1NC(=O)CC(C)C.Cl. The molecule has 0 heterocycles. The standard InChI is InChI=1S/C17H27N3O2.ClH/c1-11(2)7-16(21)20-15-6-5-14(8-13(15)4)17(22)19-10-12(3)9-18;/h5-6,8,11-12H,7,9-10,18H2,1-4H3,(H,19,22)(H,20,21);1H. The van der Waals surface area contributed by atoms with Crippen molar-refractivity contribution in [2.45, 2.75) is 34.1 Å². The van der Waals surface area contributed by atoms with E-state index in [1.54, 1.807) is 18.2 Å². The largest absolute Gasteiger partial charge is 0.352 e. The van der Waals surface area contributed by atoms with Gasteiger partial charge in [0.15, 0.2) is 0 Å². The molecular weight excluding hydrogens is 314 g/mol. The topological polar surface area (TPSA) is 84.2 Å². The van der Waals surface area contributed by atoms with Crippen LogP contribution in [-0.4, -0.2) is 24.9 Å². The zero-order valence-electron chi connectivity index (χ0n) is 14.3. The normalized spacial score (nSPS) is 11.6. The molecule has 1 aromatic rings. The highest BCUT2D eigenvalue weighted by Crippen LogP contribution is 2.17. The van der Waals surface area contributed by atoms with Crippen molar-refractivity contribution in [3.63, 3.8) is 0 Å². The number of nitrogens with two attached hydrogens (primary N) is 1. The van der Waals surface area contributed by atoms with Gasteiger partial charge in [0, 0.05) is 24.2 Å². The van der Waals surface area contributed by atoms with E-state index in [0.717, 1.165) is 11.3 Å². The molecular formula is C17H28ClN3O2. The highest BCUT2D eigenvalue weighted by atomic mass is 35.5. The third-order valence-corrected chi connectivity index (χ3v) is 3.37. The molecule has 0 aliphatic heterocycles. The van der Waals surface area contributed by atoms with Gasteiger partial charge in [0.25, 0.3) is 5.91 Å². The average Bonchev–Trinajstić information content (AvgIpc) is 2.45. The first kappa shape index (κ1) is 21.4. The highest BCUT2D eigenvalue weighted by molar-refractivity contribution is 5.96. The Morgan fingerprint density at radius 2 is 1.87 bits per heavy atom. The van der Waals surface area contributed by atoms with Gasteiger partial charge >= 0.3 is 0 Å². The summed E-state index contributed by atoms with van der Waals surface area (Å²) >= 11 is 0. The molecule has 1 rings (SSSR count). The Balaban J connectivity index is 0.00000484. The summed E-state index contributed by atoms with van der Waals surface area (Å²) in [5, 5.41) is 5.74. The lowest BCUT2D eigenvalue weighted by atomic mass is 10.1. The van der Waals surface area contributed by atoms with E-state index >= 15 is 0 Å². The second-order valence-electron chi connectivity index (χ2n) is 6.23. The lowest BCUT2D eigenvalue weighted by molar-refractivity contribution is -0.116. The van der Waals surface area contributed by atoms with E-state index in [-0.39, 0.29) is 30.1 Å². The molecule has 0 fully saturated rings. The molecule has 0 saturated carbocycles. The first-order valence-electron chi connectivity index (χ1n) is 7.72. The number of hydrogen-bond acceptors (Lipinski definition) is 3. The molecule has 1 unspecified atom stereocenters. The minimum absolute atomic E-state index is 0. The molecule has 0 aromatic heterocycles. The Kier molecular flexibility index (Phi) is 9.53. The molecule has 6 heteroatoms. The van der Waals surface area contributed by atoms with Gasteiger partial charge in [-0.2, -0.15) is 0 Å². The number of rotatable bonds is 7. The van der Waals surface area contributed by atoms with E-state index in [1.807, 2.05) is 27.7 Å². The van der Waals surface area contributed by atoms with Crippen molar-refractivity contribution in [3.05, 3.63) is 29.3 Å². The zero-order valence-corrected chi connectivity index (χ0v) is 15.1. The molecule has 0 radical (unpaired) electrons. The second-order valence-corrected chi connectivity index (χ2v) is 6.23. The first-order valence-corrected chi connectivity index (χ1v) is 7.72. The highest BCUT2D eigenvalue weighted by Gasteiger charge is 2.11. The van der Waals surface area contributed by atoms with E-state index in [4.69, 9.17) is 5.73 Å². The smallest absolute Gasteiger partial charge is 0.251 e. The maximum atomic E-state index is 12.1.